The second-order valence-electron chi connectivity index (χ2n) is 9.34. The van der Waals surface area contributed by atoms with Gasteiger partial charge in [0.25, 0.3) is 0 Å². The highest BCUT2D eigenvalue weighted by Gasteiger charge is 2.23. The molecule has 0 radical (unpaired) electrons. The number of rotatable bonds is 13. The van der Waals surface area contributed by atoms with E-state index in [1.165, 1.54) is 5.56 Å². The largest absolute Gasteiger partial charge is 0.492 e. The van der Waals surface area contributed by atoms with Gasteiger partial charge in [-0.3, -0.25) is 0 Å². The van der Waals surface area contributed by atoms with Crippen LogP contribution in [0.2, 0.25) is 10.0 Å². The third kappa shape index (κ3) is 8.82. The summed E-state index contributed by atoms with van der Waals surface area (Å²) >= 11 is 23.4. The molecular formula is C31H36Cl2O2S3. The van der Waals surface area contributed by atoms with Crippen LogP contribution in [0, 0.1) is 0 Å². The number of hydrogen-bond donors (Lipinski definition) is 2. The summed E-state index contributed by atoms with van der Waals surface area (Å²) in [6.45, 7) is 9.08. The fraction of sp³-hybridized carbons (Fsp3) is 0.355. The van der Waals surface area contributed by atoms with Crippen LogP contribution >= 0.6 is 60.2 Å². The zero-order valence-corrected chi connectivity index (χ0v) is 26.5. The Morgan fingerprint density at radius 1 is 0.842 bits per heavy atom. The normalized spacial score (nSPS) is 12.3. The summed E-state index contributed by atoms with van der Waals surface area (Å²) in [7, 11) is 0. The fourth-order valence-electron chi connectivity index (χ4n) is 3.73. The smallest absolute Gasteiger partial charge is 0.134 e. The van der Waals surface area contributed by atoms with Crippen molar-refractivity contribution in [1.82, 2.24) is 0 Å². The van der Waals surface area contributed by atoms with Gasteiger partial charge < -0.3 is 9.47 Å². The zero-order chi connectivity index (χ0) is 27.7. The summed E-state index contributed by atoms with van der Waals surface area (Å²) in [6, 6.07) is 19.9. The van der Waals surface area contributed by atoms with Crippen LogP contribution < -0.4 is 9.47 Å². The molecule has 3 aromatic carbocycles. The lowest BCUT2D eigenvalue weighted by atomic mass is 10.00. The Kier molecular flexibility index (Phi) is 12.2. The van der Waals surface area contributed by atoms with Gasteiger partial charge in [-0.2, -0.15) is 0 Å². The van der Waals surface area contributed by atoms with Crippen LogP contribution in [-0.2, 0) is 6.42 Å². The van der Waals surface area contributed by atoms with Crippen LogP contribution in [0.25, 0.3) is 4.91 Å². The van der Waals surface area contributed by atoms with Crippen LogP contribution in [-0.4, -0.2) is 12.2 Å². The second kappa shape index (κ2) is 14.9. The first-order valence-corrected chi connectivity index (χ1v) is 15.4. The van der Waals surface area contributed by atoms with Crippen LogP contribution in [0.3, 0.4) is 0 Å². The quantitative estimate of drug-likeness (QED) is 0.149. The Balaban J connectivity index is 1.68. The lowest BCUT2D eigenvalue weighted by molar-refractivity contribution is 0.0770. The van der Waals surface area contributed by atoms with E-state index in [0.29, 0.717) is 16.7 Å². The highest BCUT2D eigenvalue weighted by atomic mass is 35.5. The number of aryl methyl sites for hydroxylation is 1. The minimum absolute atomic E-state index is 0.245. The maximum absolute atomic E-state index is 6.45. The van der Waals surface area contributed by atoms with Crippen molar-refractivity contribution in [3.8, 4) is 11.5 Å². The van der Waals surface area contributed by atoms with Crippen molar-refractivity contribution < 1.29 is 9.47 Å². The van der Waals surface area contributed by atoms with Gasteiger partial charge in [0, 0.05) is 15.0 Å². The summed E-state index contributed by atoms with van der Waals surface area (Å²) < 4.78 is 12.7. The molecule has 7 heteroatoms. The molecule has 0 aromatic heterocycles. The number of ether oxygens (including phenoxy) is 2. The van der Waals surface area contributed by atoms with Gasteiger partial charge in [0.15, 0.2) is 0 Å². The summed E-state index contributed by atoms with van der Waals surface area (Å²) in [5, 5.41) is 1.31. The number of hydrogen-bond acceptors (Lipinski definition) is 5. The molecule has 0 saturated heterocycles. The third-order valence-corrected chi connectivity index (χ3v) is 9.38. The minimum atomic E-state index is -0.245. The van der Waals surface area contributed by atoms with Gasteiger partial charge in [-0.1, -0.05) is 80.0 Å². The van der Waals surface area contributed by atoms with Crippen molar-refractivity contribution in [3.63, 3.8) is 0 Å². The SMILES string of the molecule is CC/C(S)=C(/S)c1ccc(CCCOc2ccc(Cl)cc2Sc2cc(Cl)ccc2OC(C)(CC)CC)cc1. The van der Waals surface area contributed by atoms with E-state index in [9.17, 15) is 0 Å². The Morgan fingerprint density at radius 2 is 1.42 bits per heavy atom. The van der Waals surface area contributed by atoms with Crippen LogP contribution in [0.1, 0.15) is 64.5 Å². The monoisotopic (exact) mass is 606 g/mol. The maximum atomic E-state index is 6.45. The van der Waals surface area contributed by atoms with E-state index in [4.69, 9.17) is 32.7 Å². The lowest BCUT2D eigenvalue weighted by Gasteiger charge is -2.29. The second-order valence-corrected chi connectivity index (χ2v) is 12.3. The van der Waals surface area contributed by atoms with Crippen molar-refractivity contribution in [1.29, 1.82) is 0 Å². The van der Waals surface area contributed by atoms with Crippen LogP contribution in [0.4, 0.5) is 0 Å². The fourth-order valence-corrected chi connectivity index (χ4v) is 5.68. The van der Waals surface area contributed by atoms with Gasteiger partial charge in [0.2, 0.25) is 0 Å². The number of allylic oxidation sites excluding steroid dienone is 1. The van der Waals surface area contributed by atoms with Crippen molar-refractivity contribution in [2.45, 2.75) is 75.2 Å². The molecule has 0 aliphatic heterocycles. The standard InChI is InChI=1S/C31H36Cl2O2S3/c1-5-27(36)30(37)22-12-10-21(11-13-22)9-8-18-34-25-16-14-23(32)19-28(25)38-29-20-24(33)15-17-26(29)35-31(4,6-2)7-3/h10-17,19-20,36-37H,5-9,18H2,1-4H3/b30-27-. The predicted octanol–water partition coefficient (Wildman–Crippen LogP) is 11.1. The third-order valence-electron chi connectivity index (χ3n) is 6.59. The molecule has 0 atom stereocenters. The predicted molar refractivity (Wildman–Crippen MR) is 172 cm³/mol. The van der Waals surface area contributed by atoms with E-state index >= 15 is 0 Å². The van der Waals surface area contributed by atoms with E-state index in [2.05, 4.69) is 77.2 Å². The molecule has 2 nitrogen and oxygen atoms in total. The average molecular weight is 608 g/mol. The van der Waals surface area contributed by atoms with E-state index in [-0.39, 0.29) is 5.60 Å². The topological polar surface area (TPSA) is 18.5 Å². The number of thiol groups is 2. The first kappa shape index (κ1) is 31.2. The Hall–Kier alpha value is -1.37. The Bertz CT molecular complexity index is 1240. The molecular weight excluding hydrogens is 571 g/mol. The molecule has 0 fully saturated rings. The number of halogens is 2. The summed E-state index contributed by atoms with van der Waals surface area (Å²) in [4.78, 5) is 3.78. The first-order valence-electron chi connectivity index (χ1n) is 13.0. The van der Waals surface area contributed by atoms with Gasteiger partial charge in [0.05, 0.1) is 16.4 Å². The highest BCUT2D eigenvalue weighted by Crippen LogP contribution is 2.43. The summed E-state index contributed by atoms with van der Waals surface area (Å²) in [5.74, 6) is 1.60. The van der Waals surface area contributed by atoms with Gasteiger partial charge in [0.1, 0.15) is 17.1 Å². The van der Waals surface area contributed by atoms with Gasteiger partial charge >= 0.3 is 0 Å². The average Bonchev–Trinajstić information content (AvgIpc) is 2.93. The Labute approximate surface area is 253 Å². The molecule has 0 N–H and O–H groups in total. The molecule has 0 bridgehead atoms. The molecule has 38 heavy (non-hydrogen) atoms. The molecule has 3 rings (SSSR count). The minimum Gasteiger partial charge on any atom is -0.492 e. The van der Waals surface area contributed by atoms with E-state index in [0.717, 1.165) is 68.8 Å². The molecule has 0 spiro atoms. The van der Waals surface area contributed by atoms with Crippen LogP contribution in [0.5, 0.6) is 11.5 Å². The van der Waals surface area contributed by atoms with Crippen LogP contribution in [0.15, 0.2) is 75.4 Å². The van der Waals surface area contributed by atoms with Gasteiger partial charge in [-0.25, -0.2) is 0 Å². The lowest BCUT2D eigenvalue weighted by Crippen LogP contribution is -2.30. The van der Waals surface area contributed by atoms with Gasteiger partial charge in [-0.15, -0.1) is 25.3 Å². The van der Waals surface area contributed by atoms with E-state index in [1.54, 1.807) is 11.8 Å². The van der Waals surface area contributed by atoms with Crippen molar-refractivity contribution in [3.05, 3.63) is 86.7 Å². The molecule has 0 amide bonds. The molecule has 0 unspecified atom stereocenters. The van der Waals surface area contributed by atoms with Crippen molar-refractivity contribution in [2.24, 2.45) is 0 Å². The molecule has 204 valence electrons. The van der Waals surface area contributed by atoms with E-state index < -0.39 is 0 Å². The maximum Gasteiger partial charge on any atom is 0.134 e. The number of benzene rings is 3. The summed E-state index contributed by atoms with van der Waals surface area (Å²) in [6.07, 6.45) is 4.49. The zero-order valence-electron chi connectivity index (χ0n) is 22.4. The van der Waals surface area contributed by atoms with Gasteiger partial charge in [-0.05, 0) is 91.5 Å². The molecule has 0 aliphatic carbocycles. The molecule has 3 aromatic rings. The first-order chi connectivity index (χ1) is 18.2. The molecule has 0 heterocycles. The molecule has 0 aliphatic rings. The highest BCUT2D eigenvalue weighted by molar-refractivity contribution is 7.99. The van der Waals surface area contributed by atoms with Crippen molar-refractivity contribution in [2.75, 3.05) is 6.61 Å². The Morgan fingerprint density at radius 3 is 2.00 bits per heavy atom. The summed E-state index contributed by atoms with van der Waals surface area (Å²) in [5.41, 5.74) is 2.10. The van der Waals surface area contributed by atoms with Crippen molar-refractivity contribution >= 4 is 65.1 Å². The van der Waals surface area contributed by atoms with E-state index in [1.807, 2.05) is 36.4 Å². The molecule has 0 saturated carbocycles.